The second-order valence-electron chi connectivity index (χ2n) is 3.51. The van der Waals surface area contributed by atoms with Crippen LogP contribution in [0.25, 0.3) is 6.08 Å². The molecule has 0 heterocycles. The van der Waals surface area contributed by atoms with Crippen molar-refractivity contribution >= 4 is 17.7 Å². The third kappa shape index (κ3) is 2.85. The highest BCUT2D eigenvalue weighted by atomic mass is 35.5. The minimum Gasteiger partial charge on any atom is -0.207 e. The van der Waals surface area contributed by atoms with E-state index in [1.807, 2.05) is 26.0 Å². The van der Waals surface area contributed by atoms with Crippen molar-refractivity contribution in [1.82, 2.24) is 0 Å². The van der Waals surface area contributed by atoms with Gasteiger partial charge in [0.15, 0.2) is 0 Å². The fourth-order valence-electron chi connectivity index (χ4n) is 1.08. The maximum atomic E-state index is 13.2. The summed E-state index contributed by atoms with van der Waals surface area (Å²) < 4.78 is 13.2. The highest BCUT2D eigenvalue weighted by Gasteiger charge is 2.01. The van der Waals surface area contributed by atoms with Crippen LogP contribution in [0.5, 0.6) is 0 Å². The number of rotatable bonds is 2. The molecule has 0 nitrogen and oxygen atoms in total. The van der Waals surface area contributed by atoms with Gasteiger partial charge in [-0.15, -0.1) is 11.6 Å². The fourth-order valence-corrected chi connectivity index (χ4v) is 1.14. The maximum absolute atomic E-state index is 13.2. The van der Waals surface area contributed by atoms with Gasteiger partial charge in [0.1, 0.15) is 5.82 Å². The largest absolute Gasteiger partial charge is 0.207 e. The molecule has 0 aromatic heterocycles. The van der Waals surface area contributed by atoms with Crippen LogP contribution in [0.3, 0.4) is 0 Å². The molecule has 1 atom stereocenters. The van der Waals surface area contributed by atoms with Crippen molar-refractivity contribution in [2.24, 2.45) is 0 Å². The van der Waals surface area contributed by atoms with Crippen LogP contribution in [0.2, 0.25) is 0 Å². The molecule has 0 aliphatic rings. The van der Waals surface area contributed by atoms with Gasteiger partial charge < -0.3 is 0 Å². The van der Waals surface area contributed by atoms with E-state index in [0.29, 0.717) is 5.56 Å². The van der Waals surface area contributed by atoms with Gasteiger partial charge in [0.05, 0.1) is 5.38 Å². The Kier molecular flexibility index (Phi) is 3.70. The molecule has 1 aromatic carbocycles. The standard InChI is InChI=1S/C12H14ClF/c1-8-4-5-11(7-12(8)14)6-9(2)10(3)13/h4-7,10H,1-3H3/b9-6+. The average molecular weight is 213 g/mol. The van der Waals surface area contributed by atoms with Crippen molar-refractivity contribution < 1.29 is 4.39 Å². The summed E-state index contributed by atoms with van der Waals surface area (Å²) in [4.78, 5) is 0. The fraction of sp³-hybridized carbons (Fsp3) is 0.333. The summed E-state index contributed by atoms with van der Waals surface area (Å²) in [6.45, 7) is 5.59. The minimum atomic E-state index is -0.172. The third-order valence-corrected chi connectivity index (χ3v) is 2.56. The number of aryl methyl sites for hydroxylation is 1. The van der Waals surface area contributed by atoms with E-state index >= 15 is 0 Å². The number of allylic oxidation sites excluding steroid dienone is 1. The van der Waals surface area contributed by atoms with Gasteiger partial charge in [-0.25, -0.2) is 4.39 Å². The topological polar surface area (TPSA) is 0 Å². The van der Waals surface area contributed by atoms with Crippen LogP contribution in [-0.2, 0) is 0 Å². The lowest BCUT2D eigenvalue weighted by Gasteiger charge is -2.03. The van der Waals surface area contributed by atoms with Gasteiger partial charge in [-0.1, -0.05) is 23.8 Å². The molecule has 1 unspecified atom stereocenters. The lowest BCUT2D eigenvalue weighted by molar-refractivity contribution is 0.618. The second-order valence-corrected chi connectivity index (χ2v) is 4.17. The predicted octanol–water partition coefficient (Wildman–Crippen LogP) is 4.16. The molecule has 1 aromatic rings. The lowest BCUT2D eigenvalue weighted by atomic mass is 10.1. The normalized spacial score (nSPS) is 14.2. The van der Waals surface area contributed by atoms with Crippen LogP contribution in [0.1, 0.15) is 25.0 Å². The zero-order valence-electron chi connectivity index (χ0n) is 8.64. The molecule has 14 heavy (non-hydrogen) atoms. The average Bonchev–Trinajstić information content (AvgIpc) is 2.11. The molecular weight excluding hydrogens is 199 g/mol. The quantitative estimate of drug-likeness (QED) is 0.646. The van der Waals surface area contributed by atoms with Gasteiger partial charge in [0.2, 0.25) is 0 Å². The van der Waals surface area contributed by atoms with E-state index in [2.05, 4.69) is 0 Å². The summed E-state index contributed by atoms with van der Waals surface area (Å²) in [5.41, 5.74) is 2.56. The van der Waals surface area contributed by atoms with Crippen molar-refractivity contribution in [3.8, 4) is 0 Å². The summed E-state index contributed by atoms with van der Waals surface area (Å²) >= 11 is 5.89. The lowest BCUT2D eigenvalue weighted by Crippen LogP contribution is -1.92. The molecule has 0 N–H and O–H groups in total. The van der Waals surface area contributed by atoms with Gasteiger partial charge in [0, 0.05) is 0 Å². The van der Waals surface area contributed by atoms with Crippen molar-refractivity contribution in [1.29, 1.82) is 0 Å². The van der Waals surface area contributed by atoms with E-state index in [0.717, 1.165) is 11.1 Å². The SMILES string of the molecule is C/C(=C\c1ccc(C)c(F)c1)C(C)Cl. The Morgan fingerprint density at radius 2 is 2.14 bits per heavy atom. The molecule has 76 valence electrons. The molecule has 0 saturated heterocycles. The van der Waals surface area contributed by atoms with Gasteiger partial charge in [-0.05, 0) is 38.0 Å². The first-order valence-corrected chi connectivity index (χ1v) is 5.03. The van der Waals surface area contributed by atoms with Crippen LogP contribution in [0, 0.1) is 12.7 Å². The van der Waals surface area contributed by atoms with E-state index in [1.54, 1.807) is 13.0 Å². The van der Waals surface area contributed by atoms with Crippen molar-refractivity contribution in [3.63, 3.8) is 0 Å². The van der Waals surface area contributed by atoms with E-state index in [4.69, 9.17) is 11.6 Å². The molecule has 0 saturated carbocycles. The van der Waals surface area contributed by atoms with Crippen LogP contribution in [-0.4, -0.2) is 5.38 Å². The number of hydrogen-bond acceptors (Lipinski definition) is 0. The number of alkyl halides is 1. The summed E-state index contributed by atoms with van der Waals surface area (Å²) in [5.74, 6) is -0.172. The highest BCUT2D eigenvalue weighted by Crippen LogP contribution is 2.15. The van der Waals surface area contributed by atoms with Crippen LogP contribution >= 0.6 is 11.6 Å². The number of benzene rings is 1. The molecule has 0 aliphatic heterocycles. The molecular formula is C12H14ClF. The third-order valence-electron chi connectivity index (χ3n) is 2.22. The summed E-state index contributed by atoms with van der Waals surface area (Å²) in [5, 5.41) is -0.0145. The van der Waals surface area contributed by atoms with E-state index in [-0.39, 0.29) is 11.2 Å². The van der Waals surface area contributed by atoms with E-state index in [1.165, 1.54) is 6.07 Å². The van der Waals surface area contributed by atoms with Gasteiger partial charge in [-0.2, -0.15) is 0 Å². The Labute approximate surface area is 89.4 Å². The first kappa shape index (κ1) is 11.3. The van der Waals surface area contributed by atoms with E-state index in [9.17, 15) is 4.39 Å². The van der Waals surface area contributed by atoms with Gasteiger partial charge >= 0.3 is 0 Å². The Balaban J connectivity index is 2.98. The van der Waals surface area contributed by atoms with E-state index < -0.39 is 0 Å². The Hall–Kier alpha value is -0.820. The molecule has 0 bridgehead atoms. The Morgan fingerprint density at radius 3 is 2.64 bits per heavy atom. The Morgan fingerprint density at radius 1 is 1.50 bits per heavy atom. The Bertz CT molecular complexity index is 353. The summed E-state index contributed by atoms with van der Waals surface area (Å²) in [6, 6.07) is 5.19. The molecule has 0 fully saturated rings. The number of halogens is 2. The van der Waals surface area contributed by atoms with Crippen LogP contribution < -0.4 is 0 Å². The first-order chi connectivity index (χ1) is 6.50. The smallest absolute Gasteiger partial charge is 0.126 e. The zero-order valence-corrected chi connectivity index (χ0v) is 9.40. The van der Waals surface area contributed by atoms with Crippen LogP contribution in [0.15, 0.2) is 23.8 Å². The second kappa shape index (κ2) is 4.61. The van der Waals surface area contributed by atoms with Crippen LogP contribution in [0.4, 0.5) is 4.39 Å². The maximum Gasteiger partial charge on any atom is 0.126 e. The molecule has 1 rings (SSSR count). The van der Waals surface area contributed by atoms with Crippen molar-refractivity contribution in [2.75, 3.05) is 0 Å². The predicted molar refractivity (Wildman–Crippen MR) is 60.1 cm³/mol. The van der Waals surface area contributed by atoms with Crippen molar-refractivity contribution in [3.05, 3.63) is 40.7 Å². The monoisotopic (exact) mass is 212 g/mol. The summed E-state index contributed by atoms with van der Waals surface area (Å²) in [6.07, 6.45) is 1.90. The molecule has 0 aliphatic carbocycles. The minimum absolute atomic E-state index is 0.0145. The molecule has 2 heteroatoms. The zero-order chi connectivity index (χ0) is 10.7. The molecule has 0 spiro atoms. The molecule has 0 radical (unpaired) electrons. The first-order valence-electron chi connectivity index (χ1n) is 4.59. The highest BCUT2D eigenvalue weighted by molar-refractivity contribution is 6.22. The molecule has 0 amide bonds. The summed E-state index contributed by atoms with van der Waals surface area (Å²) in [7, 11) is 0. The van der Waals surface area contributed by atoms with Crippen molar-refractivity contribution in [2.45, 2.75) is 26.1 Å². The van der Waals surface area contributed by atoms with Gasteiger partial charge in [0.25, 0.3) is 0 Å². The number of hydrogen-bond donors (Lipinski definition) is 0. The van der Waals surface area contributed by atoms with Gasteiger partial charge in [-0.3, -0.25) is 0 Å².